The van der Waals surface area contributed by atoms with E-state index in [1.54, 1.807) is 0 Å². The Morgan fingerprint density at radius 1 is 1.21 bits per heavy atom. The second-order valence-electron chi connectivity index (χ2n) is 6.05. The summed E-state index contributed by atoms with van der Waals surface area (Å²) in [5, 5.41) is 6.97. The summed E-state index contributed by atoms with van der Waals surface area (Å²) < 4.78 is 0. The summed E-state index contributed by atoms with van der Waals surface area (Å²) >= 11 is 0. The minimum absolute atomic E-state index is 0. The average molecular weight is 379 g/mol. The first-order valence-corrected chi connectivity index (χ1v) is 7.75. The van der Waals surface area contributed by atoms with Gasteiger partial charge in [-0.05, 0) is 43.4 Å². The van der Waals surface area contributed by atoms with Crippen molar-refractivity contribution in [3.63, 3.8) is 0 Å². The zero-order chi connectivity index (χ0) is 12.8. The second-order valence-corrected chi connectivity index (χ2v) is 6.05. The molecule has 0 atom stereocenters. The largest absolute Gasteiger partial charge is 0.356 e. The third kappa shape index (κ3) is 4.80. The minimum atomic E-state index is 0. The van der Waals surface area contributed by atoms with E-state index in [0.29, 0.717) is 5.41 Å². The Morgan fingerprint density at radius 3 is 2.42 bits per heavy atom. The molecule has 2 saturated carbocycles. The summed E-state index contributed by atoms with van der Waals surface area (Å²) in [6.07, 6.45) is 11.0. The molecule has 0 unspecified atom stereocenters. The fourth-order valence-corrected chi connectivity index (χ4v) is 3.12. The van der Waals surface area contributed by atoms with Crippen LogP contribution >= 0.6 is 24.0 Å². The lowest BCUT2D eigenvalue weighted by molar-refractivity contribution is 0.106. The predicted molar refractivity (Wildman–Crippen MR) is 93.3 cm³/mol. The highest BCUT2D eigenvalue weighted by atomic mass is 127. The van der Waals surface area contributed by atoms with Gasteiger partial charge in [0, 0.05) is 20.1 Å². The van der Waals surface area contributed by atoms with Crippen molar-refractivity contribution in [2.45, 2.75) is 58.3 Å². The first kappa shape index (κ1) is 17.1. The van der Waals surface area contributed by atoms with Gasteiger partial charge in [-0.15, -0.1) is 24.0 Å². The Labute approximate surface area is 135 Å². The van der Waals surface area contributed by atoms with Crippen molar-refractivity contribution >= 4 is 29.9 Å². The Bertz CT molecular complexity index is 283. The van der Waals surface area contributed by atoms with Crippen LogP contribution in [0, 0.1) is 11.3 Å². The van der Waals surface area contributed by atoms with Gasteiger partial charge in [0.15, 0.2) is 5.96 Å². The quantitative estimate of drug-likeness (QED) is 0.307. The second kappa shape index (κ2) is 8.32. The number of halogens is 1. The molecule has 2 N–H and O–H groups in total. The number of guanidine groups is 1. The van der Waals surface area contributed by atoms with Crippen molar-refractivity contribution in [3.8, 4) is 0 Å². The molecule has 0 aromatic rings. The molecule has 4 heteroatoms. The highest BCUT2D eigenvalue weighted by Gasteiger charge is 2.48. The summed E-state index contributed by atoms with van der Waals surface area (Å²) in [4.78, 5) is 4.32. The van der Waals surface area contributed by atoms with Crippen molar-refractivity contribution < 1.29 is 0 Å². The van der Waals surface area contributed by atoms with Gasteiger partial charge in [0.2, 0.25) is 0 Å². The number of unbranched alkanes of at least 4 members (excludes halogenated alkanes) is 2. The van der Waals surface area contributed by atoms with Gasteiger partial charge in [-0.25, -0.2) is 0 Å². The van der Waals surface area contributed by atoms with Crippen molar-refractivity contribution in [2.75, 3.05) is 20.1 Å². The van der Waals surface area contributed by atoms with Crippen LogP contribution < -0.4 is 10.6 Å². The Kier molecular flexibility index (Phi) is 7.47. The fraction of sp³-hybridized carbons (Fsp3) is 0.933. The fourth-order valence-electron chi connectivity index (χ4n) is 3.12. The molecule has 112 valence electrons. The van der Waals surface area contributed by atoms with Gasteiger partial charge in [0.25, 0.3) is 0 Å². The molecule has 0 aromatic carbocycles. The summed E-state index contributed by atoms with van der Waals surface area (Å²) in [6.45, 7) is 4.41. The number of hydrogen-bond donors (Lipinski definition) is 2. The third-order valence-electron chi connectivity index (χ3n) is 4.70. The highest BCUT2D eigenvalue weighted by Crippen LogP contribution is 2.56. The first-order valence-electron chi connectivity index (χ1n) is 7.75. The van der Waals surface area contributed by atoms with E-state index in [9.17, 15) is 0 Å². The van der Waals surface area contributed by atoms with Crippen LogP contribution in [0.15, 0.2) is 4.99 Å². The molecule has 0 heterocycles. The average Bonchev–Trinajstić information content (AvgIpc) is 3.15. The van der Waals surface area contributed by atoms with Gasteiger partial charge in [0.1, 0.15) is 0 Å². The zero-order valence-corrected chi connectivity index (χ0v) is 14.8. The van der Waals surface area contributed by atoms with E-state index in [4.69, 9.17) is 0 Å². The lowest BCUT2D eigenvalue weighted by Crippen LogP contribution is -2.47. The molecule has 2 rings (SSSR count). The molecule has 2 aliphatic rings. The lowest BCUT2D eigenvalue weighted by Gasteiger charge is -2.43. The van der Waals surface area contributed by atoms with Crippen LogP contribution in [0.2, 0.25) is 0 Å². The number of nitrogens with zero attached hydrogens (tertiary/aromatic N) is 1. The maximum atomic E-state index is 4.32. The van der Waals surface area contributed by atoms with Crippen LogP contribution in [-0.4, -0.2) is 26.1 Å². The van der Waals surface area contributed by atoms with Crippen molar-refractivity contribution in [2.24, 2.45) is 16.3 Å². The number of aliphatic imine (C=N–C) groups is 1. The van der Waals surface area contributed by atoms with Gasteiger partial charge in [-0.2, -0.15) is 0 Å². The maximum Gasteiger partial charge on any atom is 0.190 e. The highest BCUT2D eigenvalue weighted by molar-refractivity contribution is 14.0. The van der Waals surface area contributed by atoms with Gasteiger partial charge >= 0.3 is 0 Å². The van der Waals surface area contributed by atoms with Crippen LogP contribution in [0.5, 0.6) is 0 Å². The van der Waals surface area contributed by atoms with Crippen molar-refractivity contribution in [1.82, 2.24) is 10.6 Å². The van der Waals surface area contributed by atoms with E-state index in [0.717, 1.165) is 25.0 Å². The van der Waals surface area contributed by atoms with Crippen LogP contribution in [0.3, 0.4) is 0 Å². The van der Waals surface area contributed by atoms with Gasteiger partial charge in [0.05, 0.1) is 0 Å². The number of rotatable bonds is 7. The SMILES string of the molecule is CCCCCNC(=NC)NCC1(C2CC2)CCC1.I. The van der Waals surface area contributed by atoms with Gasteiger partial charge in [-0.3, -0.25) is 4.99 Å². The molecule has 3 nitrogen and oxygen atoms in total. The van der Waals surface area contributed by atoms with E-state index < -0.39 is 0 Å². The Morgan fingerprint density at radius 2 is 1.95 bits per heavy atom. The molecule has 0 bridgehead atoms. The summed E-state index contributed by atoms with van der Waals surface area (Å²) in [6, 6.07) is 0. The standard InChI is InChI=1S/C15H29N3.HI/c1-3-4-5-11-17-14(16-2)18-12-15(9-6-10-15)13-7-8-13;/h13H,3-12H2,1-2H3,(H2,16,17,18);1H. The molecule has 0 radical (unpaired) electrons. The Hall–Kier alpha value is 0. The molecule has 0 aliphatic heterocycles. The summed E-state index contributed by atoms with van der Waals surface area (Å²) in [5.41, 5.74) is 0.626. The molecule has 2 fully saturated rings. The van der Waals surface area contributed by atoms with Crippen molar-refractivity contribution in [3.05, 3.63) is 0 Å². The molecular weight excluding hydrogens is 349 g/mol. The molecule has 0 aromatic heterocycles. The predicted octanol–water partition coefficient (Wildman–Crippen LogP) is 3.54. The first-order chi connectivity index (χ1) is 8.80. The molecule has 0 amide bonds. The smallest absolute Gasteiger partial charge is 0.190 e. The lowest BCUT2D eigenvalue weighted by atomic mass is 9.65. The van der Waals surface area contributed by atoms with E-state index >= 15 is 0 Å². The zero-order valence-electron chi connectivity index (χ0n) is 12.5. The summed E-state index contributed by atoms with van der Waals surface area (Å²) in [7, 11) is 1.87. The van der Waals surface area contributed by atoms with E-state index in [1.165, 1.54) is 51.4 Å². The van der Waals surface area contributed by atoms with Crippen LogP contribution in [0.1, 0.15) is 58.3 Å². The summed E-state index contributed by atoms with van der Waals surface area (Å²) in [5.74, 6) is 2.01. The van der Waals surface area contributed by atoms with Crippen molar-refractivity contribution in [1.29, 1.82) is 0 Å². The normalized spacial score (nSPS) is 21.3. The maximum absolute atomic E-state index is 4.32. The topological polar surface area (TPSA) is 36.4 Å². The third-order valence-corrected chi connectivity index (χ3v) is 4.70. The molecule has 19 heavy (non-hydrogen) atoms. The van der Waals surface area contributed by atoms with E-state index in [1.807, 2.05) is 7.05 Å². The molecular formula is C15H30IN3. The minimum Gasteiger partial charge on any atom is -0.356 e. The number of nitrogens with one attached hydrogen (secondary N) is 2. The number of hydrogen-bond acceptors (Lipinski definition) is 1. The monoisotopic (exact) mass is 379 g/mol. The Balaban J connectivity index is 0.00000180. The van der Waals surface area contributed by atoms with Crippen LogP contribution in [0.25, 0.3) is 0 Å². The molecule has 2 aliphatic carbocycles. The van der Waals surface area contributed by atoms with E-state index in [2.05, 4.69) is 22.5 Å². The van der Waals surface area contributed by atoms with Crippen LogP contribution in [0.4, 0.5) is 0 Å². The molecule has 0 spiro atoms. The van der Waals surface area contributed by atoms with Crippen LogP contribution in [-0.2, 0) is 0 Å². The van der Waals surface area contributed by atoms with Gasteiger partial charge in [-0.1, -0.05) is 26.2 Å². The molecule has 0 saturated heterocycles. The van der Waals surface area contributed by atoms with E-state index in [-0.39, 0.29) is 24.0 Å². The van der Waals surface area contributed by atoms with Gasteiger partial charge < -0.3 is 10.6 Å².